The van der Waals surface area contributed by atoms with Gasteiger partial charge in [0, 0.05) is 32.9 Å². The molecular weight excluding hydrogens is 434 g/mol. The van der Waals surface area contributed by atoms with Crippen molar-refractivity contribution in [2.45, 2.75) is 18.7 Å². The van der Waals surface area contributed by atoms with Gasteiger partial charge in [0.25, 0.3) is 11.8 Å². The van der Waals surface area contributed by atoms with E-state index in [4.69, 9.17) is 9.47 Å². The molecule has 10 heteroatoms. The molecule has 2 amide bonds. The third-order valence-corrected chi connectivity index (χ3v) is 6.73. The van der Waals surface area contributed by atoms with Crippen molar-refractivity contribution >= 4 is 27.5 Å². The summed E-state index contributed by atoms with van der Waals surface area (Å²) in [4.78, 5) is 26.3. The average Bonchev–Trinajstić information content (AvgIpc) is 2.77. The van der Waals surface area contributed by atoms with Crippen LogP contribution in [0.5, 0.6) is 11.5 Å². The number of ether oxygens (including phenoxy) is 2. The number of benzene rings is 2. The van der Waals surface area contributed by atoms with Crippen molar-refractivity contribution in [2.75, 3.05) is 46.2 Å². The van der Waals surface area contributed by atoms with Gasteiger partial charge in [0.1, 0.15) is 0 Å². The summed E-state index contributed by atoms with van der Waals surface area (Å²) in [5.74, 6) is -0.260. The fraction of sp³-hybridized carbons (Fsp3) is 0.364. The second kappa shape index (κ2) is 11.0. The Labute approximate surface area is 189 Å². The van der Waals surface area contributed by atoms with Gasteiger partial charge in [-0.15, -0.1) is 0 Å². The Bertz CT molecular complexity index is 1050. The molecule has 2 rings (SSSR count). The van der Waals surface area contributed by atoms with Gasteiger partial charge in [0.15, 0.2) is 18.1 Å². The Kier molecular flexibility index (Phi) is 8.62. The maximum atomic E-state index is 12.6. The summed E-state index contributed by atoms with van der Waals surface area (Å²) in [7, 11) is 1.10. The fourth-order valence-electron chi connectivity index (χ4n) is 2.99. The SMILES string of the molecule is CCN(CC)S(=O)(=O)c1ccc(NC(=O)COc2c(OC)cccc2C(=O)N(C)C)cc1. The van der Waals surface area contributed by atoms with Crippen molar-refractivity contribution in [2.24, 2.45) is 0 Å². The Morgan fingerprint density at radius 2 is 1.62 bits per heavy atom. The van der Waals surface area contributed by atoms with Crippen molar-refractivity contribution < 1.29 is 27.5 Å². The Balaban J connectivity index is 2.11. The highest BCUT2D eigenvalue weighted by molar-refractivity contribution is 7.89. The molecule has 32 heavy (non-hydrogen) atoms. The van der Waals surface area contributed by atoms with Crippen LogP contribution in [0.25, 0.3) is 0 Å². The molecule has 0 saturated carbocycles. The second-order valence-corrected chi connectivity index (χ2v) is 8.93. The molecule has 0 aromatic heterocycles. The van der Waals surface area contributed by atoms with Crippen LogP contribution < -0.4 is 14.8 Å². The zero-order valence-electron chi connectivity index (χ0n) is 18.9. The van der Waals surface area contributed by atoms with Crippen LogP contribution in [0, 0.1) is 0 Å². The number of rotatable bonds is 10. The first-order valence-corrected chi connectivity index (χ1v) is 11.5. The van der Waals surface area contributed by atoms with Crippen LogP contribution in [0.4, 0.5) is 5.69 Å². The third-order valence-electron chi connectivity index (χ3n) is 4.66. The van der Waals surface area contributed by atoms with Gasteiger partial charge in [0.05, 0.1) is 17.6 Å². The van der Waals surface area contributed by atoms with Crippen LogP contribution >= 0.6 is 0 Å². The third kappa shape index (κ3) is 5.77. The number of hydrogen-bond donors (Lipinski definition) is 1. The molecule has 0 bridgehead atoms. The van der Waals surface area contributed by atoms with Crippen molar-refractivity contribution in [1.29, 1.82) is 0 Å². The molecule has 1 N–H and O–H groups in total. The maximum absolute atomic E-state index is 12.6. The van der Waals surface area contributed by atoms with Gasteiger partial charge in [-0.3, -0.25) is 9.59 Å². The smallest absolute Gasteiger partial charge is 0.262 e. The molecule has 0 heterocycles. The molecule has 0 unspecified atom stereocenters. The number of carbonyl (C=O) groups is 2. The standard InChI is InChI=1S/C22H29N3O6S/c1-6-25(7-2)32(28,29)17-13-11-16(12-14-17)23-20(26)15-31-21-18(22(27)24(3)4)9-8-10-19(21)30-5/h8-14H,6-7,15H2,1-5H3,(H,23,26). The maximum Gasteiger partial charge on any atom is 0.262 e. The lowest BCUT2D eigenvalue weighted by atomic mass is 10.1. The van der Waals surface area contributed by atoms with E-state index in [9.17, 15) is 18.0 Å². The van der Waals surface area contributed by atoms with Crippen LogP contribution in [0.2, 0.25) is 0 Å². The van der Waals surface area contributed by atoms with Gasteiger partial charge >= 0.3 is 0 Å². The van der Waals surface area contributed by atoms with Crippen LogP contribution in [0.3, 0.4) is 0 Å². The summed E-state index contributed by atoms with van der Waals surface area (Å²) in [6, 6.07) is 10.8. The molecule has 0 atom stereocenters. The van der Waals surface area contributed by atoms with Crippen molar-refractivity contribution in [3.05, 3.63) is 48.0 Å². The van der Waals surface area contributed by atoms with Crippen LogP contribution in [0.15, 0.2) is 47.4 Å². The number of nitrogens with one attached hydrogen (secondary N) is 1. The van der Waals surface area contributed by atoms with Gasteiger partial charge in [-0.05, 0) is 36.4 Å². The van der Waals surface area contributed by atoms with Crippen molar-refractivity contribution in [3.63, 3.8) is 0 Å². The van der Waals surface area contributed by atoms with Gasteiger partial charge in [0.2, 0.25) is 10.0 Å². The predicted octanol–water partition coefficient (Wildman–Crippen LogP) is 2.45. The summed E-state index contributed by atoms with van der Waals surface area (Å²) in [5.41, 5.74) is 0.690. The van der Waals surface area contributed by atoms with E-state index in [1.165, 1.54) is 40.6 Å². The minimum absolute atomic E-state index is 0.149. The molecule has 0 aliphatic carbocycles. The fourth-order valence-corrected chi connectivity index (χ4v) is 4.45. The highest BCUT2D eigenvalue weighted by Gasteiger charge is 2.22. The number of nitrogens with zero attached hydrogens (tertiary/aromatic N) is 2. The van der Waals surface area contributed by atoms with Crippen LogP contribution in [-0.4, -0.2) is 70.3 Å². The number of para-hydroxylation sites is 1. The predicted molar refractivity (Wildman–Crippen MR) is 122 cm³/mol. The molecule has 0 aliphatic heterocycles. The topological polar surface area (TPSA) is 105 Å². The number of hydrogen-bond acceptors (Lipinski definition) is 6. The molecule has 0 spiro atoms. The largest absolute Gasteiger partial charge is 0.493 e. The molecule has 2 aromatic carbocycles. The normalized spacial score (nSPS) is 11.2. The first kappa shape index (κ1) is 25.2. The first-order chi connectivity index (χ1) is 15.1. The number of anilines is 1. The lowest BCUT2D eigenvalue weighted by molar-refractivity contribution is -0.118. The second-order valence-electron chi connectivity index (χ2n) is 6.99. The summed E-state index contributed by atoms with van der Waals surface area (Å²) < 4.78 is 37.3. The number of sulfonamides is 1. The van der Waals surface area contributed by atoms with E-state index in [2.05, 4.69) is 5.32 Å². The van der Waals surface area contributed by atoms with E-state index >= 15 is 0 Å². The molecule has 9 nitrogen and oxygen atoms in total. The van der Waals surface area contributed by atoms with Gasteiger partial charge in [-0.1, -0.05) is 19.9 Å². The van der Waals surface area contributed by atoms with Gasteiger partial charge < -0.3 is 19.7 Å². The quantitative estimate of drug-likeness (QED) is 0.580. The summed E-state index contributed by atoms with van der Waals surface area (Å²) in [6.07, 6.45) is 0. The minimum atomic E-state index is -3.57. The van der Waals surface area contributed by atoms with Crippen LogP contribution in [0.1, 0.15) is 24.2 Å². The molecule has 174 valence electrons. The molecule has 0 saturated heterocycles. The van der Waals surface area contributed by atoms with Gasteiger partial charge in [-0.2, -0.15) is 4.31 Å². The van der Waals surface area contributed by atoms with Crippen molar-refractivity contribution in [1.82, 2.24) is 9.21 Å². The molecule has 2 aromatic rings. The molecule has 0 fully saturated rings. The lowest BCUT2D eigenvalue weighted by Crippen LogP contribution is -2.30. The number of methoxy groups -OCH3 is 1. The average molecular weight is 464 g/mol. The zero-order valence-corrected chi connectivity index (χ0v) is 19.7. The summed E-state index contributed by atoms with van der Waals surface area (Å²) >= 11 is 0. The zero-order chi connectivity index (χ0) is 23.9. The summed E-state index contributed by atoms with van der Waals surface area (Å²) in [6.45, 7) is 3.92. The highest BCUT2D eigenvalue weighted by Crippen LogP contribution is 2.31. The van der Waals surface area contributed by atoms with Gasteiger partial charge in [-0.25, -0.2) is 8.42 Å². The van der Waals surface area contributed by atoms with E-state index in [-0.39, 0.29) is 28.7 Å². The number of amides is 2. The monoisotopic (exact) mass is 463 g/mol. The van der Waals surface area contributed by atoms with Crippen molar-refractivity contribution in [3.8, 4) is 11.5 Å². The molecular formula is C22H29N3O6S. The Morgan fingerprint density at radius 1 is 1.00 bits per heavy atom. The van der Waals surface area contributed by atoms with Crippen LogP contribution in [-0.2, 0) is 14.8 Å². The Morgan fingerprint density at radius 3 is 2.16 bits per heavy atom. The van der Waals surface area contributed by atoms with E-state index < -0.39 is 15.9 Å². The molecule has 0 radical (unpaired) electrons. The lowest BCUT2D eigenvalue weighted by Gasteiger charge is -2.18. The highest BCUT2D eigenvalue weighted by atomic mass is 32.2. The van der Waals surface area contributed by atoms with E-state index in [1.807, 2.05) is 0 Å². The minimum Gasteiger partial charge on any atom is -0.493 e. The molecule has 0 aliphatic rings. The van der Waals surface area contributed by atoms with E-state index in [0.29, 0.717) is 24.5 Å². The summed E-state index contributed by atoms with van der Waals surface area (Å²) in [5, 5.41) is 2.65. The first-order valence-electron chi connectivity index (χ1n) is 10.1. The Hall–Kier alpha value is -3.11. The van der Waals surface area contributed by atoms with E-state index in [0.717, 1.165) is 0 Å². The van der Waals surface area contributed by atoms with E-state index in [1.54, 1.807) is 46.1 Å². The number of carbonyl (C=O) groups excluding carboxylic acids is 2.